The van der Waals surface area contributed by atoms with E-state index >= 15 is 0 Å². The third kappa shape index (κ3) is 4.54. The molecule has 0 bridgehead atoms. The van der Waals surface area contributed by atoms with Crippen LogP contribution < -0.4 is 10.6 Å². The fourth-order valence-corrected chi connectivity index (χ4v) is 4.10. The first kappa shape index (κ1) is 21.6. The Labute approximate surface area is 184 Å². The summed E-state index contributed by atoms with van der Waals surface area (Å²) in [5.41, 5.74) is -0.153. The van der Waals surface area contributed by atoms with Gasteiger partial charge in [0.05, 0.1) is 29.3 Å². The molecule has 1 aromatic carbocycles. The van der Waals surface area contributed by atoms with Gasteiger partial charge in [0, 0.05) is 18.9 Å². The highest BCUT2D eigenvalue weighted by atomic mass is 35.5. The summed E-state index contributed by atoms with van der Waals surface area (Å²) in [4.78, 5) is 32.6. The monoisotopic (exact) mass is 446 g/mol. The molecule has 2 aliphatic rings. The van der Waals surface area contributed by atoms with Crippen LogP contribution in [-0.2, 0) is 14.2 Å². The molecule has 0 unspecified atom stereocenters. The van der Waals surface area contributed by atoms with Crippen molar-refractivity contribution in [2.45, 2.75) is 37.4 Å². The number of aromatic nitrogens is 2. The molecule has 0 saturated carbocycles. The number of hydrogen-bond acceptors (Lipinski definition) is 7. The number of amides is 2. The van der Waals surface area contributed by atoms with E-state index in [1.165, 1.54) is 18.7 Å². The maximum absolute atomic E-state index is 12.5. The zero-order valence-corrected chi connectivity index (χ0v) is 17.9. The molecule has 2 aliphatic heterocycles. The fourth-order valence-electron chi connectivity index (χ4n) is 3.88. The Morgan fingerprint density at radius 2 is 1.90 bits per heavy atom. The maximum Gasteiger partial charge on any atom is 0.254 e. The Kier molecular flexibility index (Phi) is 5.94. The van der Waals surface area contributed by atoms with Crippen LogP contribution in [0.5, 0.6) is 0 Å². The van der Waals surface area contributed by atoms with E-state index in [1.807, 2.05) is 0 Å². The molecule has 2 fully saturated rings. The second-order valence-electron chi connectivity index (χ2n) is 7.95. The Balaban J connectivity index is 1.42. The van der Waals surface area contributed by atoms with Gasteiger partial charge in [-0.1, -0.05) is 23.7 Å². The first-order chi connectivity index (χ1) is 14.8. The molecule has 0 radical (unpaired) electrons. The number of carbonyl (C=O) groups is 2. The largest absolute Gasteiger partial charge is 0.370 e. The fraction of sp³-hybridized carbons (Fsp3) is 0.429. The van der Waals surface area contributed by atoms with Gasteiger partial charge >= 0.3 is 0 Å². The van der Waals surface area contributed by atoms with Gasteiger partial charge in [0.15, 0.2) is 5.79 Å². The van der Waals surface area contributed by atoms with Crippen molar-refractivity contribution in [3.8, 4) is 0 Å². The van der Waals surface area contributed by atoms with Gasteiger partial charge in [-0.2, -0.15) is 0 Å². The predicted molar refractivity (Wildman–Crippen MR) is 111 cm³/mol. The highest BCUT2D eigenvalue weighted by molar-refractivity contribution is 6.33. The standard InChI is InChI=1S/C21H23ClN4O5/c1-20(2)30-17-16(9-25-19(28)14-5-3-4-6-15(14)22)29-11-21(17,31-20)10-26-18(27)13-7-23-12-24-8-13/h3-8,12,16-17H,9-11H2,1-2H3,(H,25,28)(H,26,27)/t16-,17-,21+/m1/s1. The summed E-state index contributed by atoms with van der Waals surface area (Å²) in [5.74, 6) is -1.49. The number of benzene rings is 1. The summed E-state index contributed by atoms with van der Waals surface area (Å²) in [7, 11) is 0. The maximum atomic E-state index is 12.5. The van der Waals surface area contributed by atoms with Crippen LogP contribution in [0.25, 0.3) is 0 Å². The molecule has 164 valence electrons. The zero-order valence-electron chi connectivity index (χ0n) is 17.1. The Morgan fingerprint density at radius 1 is 1.16 bits per heavy atom. The molecular weight excluding hydrogens is 424 g/mol. The van der Waals surface area contributed by atoms with Crippen LogP contribution in [0.2, 0.25) is 5.02 Å². The summed E-state index contributed by atoms with van der Waals surface area (Å²) in [6, 6.07) is 6.81. The smallest absolute Gasteiger partial charge is 0.254 e. The van der Waals surface area contributed by atoms with E-state index in [-0.39, 0.29) is 31.5 Å². The number of hydrogen-bond donors (Lipinski definition) is 2. The second-order valence-corrected chi connectivity index (χ2v) is 8.36. The SMILES string of the molecule is CC1(C)O[C@@H]2[C@@H](CNC(=O)c3ccccc3Cl)OC[C@]2(CNC(=O)c2cncnc2)O1. The van der Waals surface area contributed by atoms with E-state index in [2.05, 4.69) is 20.6 Å². The molecule has 1 aromatic heterocycles. The highest BCUT2D eigenvalue weighted by Gasteiger charge is 2.61. The first-order valence-corrected chi connectivity index (χ1v) is 10.2. The van der Waals surface area contributed by atoms with Crippen molar-refractivity contribution in [1.29, 1.82) is 0 Å². The van der Waals surface area contributed by atoms with Gasteiger partial charge in [-0.25, -0.2) is 9.97 Å². The van der Waals surface area contributed by atoms with Crippen LogP contribution in [-0.4, -0.2) is 65.1 Å². The van der Waals surface area contributed by atoms with E-state index in [4.69, 9.17) is 25.8 Å². The zero-order chi connectivity index (χ0) is 22.1. The third-order valence-corrected chi connectivity index (χ3v) is 5.54. The summed E-state index contributed by atoms with van der Waals surface area (Å²) in [6.07, 6.45) is 3.29. The number of halogens is 1. The molecule has 2 N–H and O–H groups in total. The second kappa shape index (κ2) is 8.51. The van der Waals surface area contributed by atoms with Crippen molar-refractivity contribution in [3.05, 3.63) is 59.1 Å². The predicted octanol–water partition coefficient (Wildman–Crippen LogP) is 1.58. The molecule has 4 rings (SSSR count). The number of carbonyl (C=O) groups excluding carboxylic acids is 2. The van der Waals surface area contributed by atoms with Crippen LogP contribution >= 0.6 is 11.6 Å². The minimum atomic E-state index is -0.880. The lowest BCUT2D eigenvalue weighted by Crippen LogP contribution is -2.52. The Hall–Kier alpha value is -2.59. The number of nitrogens with zero attached hydrogens (tertiary/aromatic N) is 2. The molecule has 10 heteroatoms. The van der Waals surface area contributed by atoms with Gasteiger partial charge in [0.25, 0.3) is 11.8 Å². The van der Waals surface area contributed by atoms with Crippen LogP contribution in [0.4, 0.5) is 0 Å². The van der Waals surface area contributed by atoms with Crippen molar-refractivity contribution in [1.82, 2.24) is 20.6 Å². The minimum absolute atomic E-state index is 0.170. The third-order valence-electron chi connectivity index (χ3n) is 5.21. The summed E-state index contributed by atoms with van der Waals surface area (Å²) >= 11 is 6.10. The molecular formula is C21H23ClN4O5. The lowest BCUT2D eigenvalue weighted by molar-refractivity contribution is -0.188. The van der Waals surface area contributed by atoms with Crippen molar-refractivity contribution in [3.63, 3.8) is 0 Å². The molecule has 0 spiro atoms. The Morgan fingerprint density at radius 3 is 2.65 bits per heavy atom. The molecule has 2 amide bonds. The van der Waals surface area contributed by atoms with Crippen LogP contribution in [0.15, 0.2) is 43.0 Å². The van der Waals surface area contributed by atoms with Gasteiger partial charge in [0.2, 0.25) is 0 Å². The normalized spacial score (nSPS) is 26.3. The lowest BCUT2D eigenvalue weighted by Gasteiger charge is -2.27. The summed E-state index contributed by atoms with van der Waals surface area (Å²) in [6.45, 7) is 4.19. The molecule has 3 heterocycles. The first-order valence-electron chi connectivity index (χ1n) is 9.85. The average Bonchev–Trinajstić information content (AvgIpc) is 3.21. The van der Waals surface area contributed by atoms with Crippen LogP contribution in [0.3, 0.4) is 0 Å². The van der Waals surface area contributed by atoms with Gasteiger partial charge in [-0.05, 0) is 26.0 Å². The average molecular weight is 447 g/mol. The van der Waals surface area contributed by atoms with Crippen molar-refractivity contribution in [2.24, 2.45) is 0 Å². The van der Waals surface area contributed by atoms with E-state index in [9.17, 15) is 9.59 Å². The molecule has 31 heavy (non-hydrogen) atoms. The van der Waals surface area contributed by atoms with Gasteiger partial charge in [-0.15, -0.1) is 0 Å². The number of rotatable bonds is 6. The quantitative estimate of drug-likeness (QED) is 0.692. The van der Waals surface area contributed by atoms with E-state index in [0.717, 1.165) is 0 Å². The van der Waals surface area contributed by atoms with Gasteiger partial charge in [-0.3, -0.25) is 9.59 Å². The van der Waals surface area contributed by atoms with E-state index in [0.29, 0.717) is 16.1 Å². The van der Waals surface area contributed by atoms with Crippen LogP contribution in [0.1, 0.15) is 34.6 Å². The molecule has 2 aromatic rings. The van der Waals surface area contributed by atoms with Crippen molar-refractivity contribution < 1.29 is 23.8 Å². The summed E-state index contributed by atoms with van der Waals surface area (Å²) < 4.78 is 18.1. The van der Waals surface area contributed by atoms with Crippen LogP contribution in [0, 0.1) is 0 Å². The van der Waals surface area contributed by atoms with Crippen molar-refractivity contribution >= 4 is 23.4 Å². The lowest BCUT2D eigenvalue weighted by atomic mass is 9.96. The number of nitrogens with one attached hydrogen (secondary N) is 2. The highest BCUT2D eigenvalue weighted by Crippen LogP contribution is 2.43. The summed E-state index contributed by atoms with van der Waals surface area (Å²) in [5, 5.41) is 6.06. The minimum Gasteiger partial charge on any atom is -0.370 e. The van der Waals surface area contributed by atoms with Crippen molar-refractivity contribution in [2.75, 3.05) is 19.7 Å². The molecule has 3 atom stereocenters. The molecule has 0 aliphatic carbocycles. The number of fused-ring (bicyclic) bond motifs is 1. The Bertz CT molecular complexity index is 973. The molecule has 9 nitrogen and oxygen atoms in total. The molecule has 2 saturated heterocycles. The van der Waals surface area contributed by atoms with E-state index < -0.39 is 23.6 Å². The topological polar surface area (TPSA) is 112 Å². The van der Waals surface area contributed by atoms with Gasteiger partial charge < -0.3 is 24.8 Å². The van der Waals surface area contributed by atoms with E-state index in [1.54, 1.807) is 38.1 Å². The number of ether oxygens (including phenoxy) is 3. The van der Waals surface area contributed by atoms with Gasteiger partial charge in [0.1, 0.15) is 24.1 Å².